The number of hydrogen-bond acceptors (Lipinski definition) is 6. The van der Waals surface area contributed by atoms with E-state index in [2.05, 4.69) is 15.9 Å². The number of carbonyl (C=O) groups is 4. The Morgan fingerprint density at radius 3 is 2.27 bits per heavy atom. The molecule has 26 heavy (non-hydrogen) atoms. The number of amides is 4. The SMILES string of the molecule is COc1cc(C=C2C(=O)N(C)C(=O)N(C)C2=O)cc(Br)c1OCC(=O)O. The average Bonchev–Trinajstić information content (AvgIpc) is 2.60. The van der Waals surface area contributed by atoms with E-state index in [0.29, 0.717) is 10.0 Å². The third-order valence-electron chi connectivity index (χ3n) is 3.55. The highest BCUT2D eigenvalue weighted by Crippen LogP contribution is 2.37. The zero-order chi connectivity index (χ0) is 19.6. The first-order valence-corrected chi connectivity index (χ1v) is 8.00. The number of carbonyl (C=O) groups excluding carboxylic acids is 3. The van der Waals surface area contributed by atoms with Gasteiger partial charge < -0.3 is 14.6 Å². The second kappa shape index (κ2) is 7.56. The van der Waals surface area contributed by atoms with Crippen LogP contribution in [-0.2, 0) is 14.4 Å². The molecule has 1 aromatic rings. The van der Waals surface area contributed by atoms with Crippen molar-refractivity contribution < 1.29 is 33.8 Å². The second-order valence-corrected chi connectivity index (χ2v) is 6.14. The minimum Gasteiger partial charge on any atom is -0.493 e. The number of halogens is 1. The van der Waals surface area contributed by atoms with Crippen LogP contribution in [0, 0.1) is 0 Å². The number of benzene rings is 1. The van der Waals surface area contributed by atoms with Crippen LogP contribution in [0.15, 0.2) is 22.2 Å². The van der Waals surface area contributed by atoms with Crippen molar-refractivity contribution in [2.45, 2.75) is 0 Å². The normalized spacial score (nSPS) is 14.6. The predicted molar refractivity (Wildman–Crippen MR) is 92.7 cm³/mol. The molecule has 1 fully saturated rings. The van der Waals surface area contributed by atoms with Gasteiger partial charge >= 0.3 is 12.0 Å². The van der Waals surface area contributed by atoms with Crippen LogP contribution in [0.25, 0.3) is 6.08 Å². The number of ether oxygens (including phenoxy) is 2. The van der Waals surface area contributed by atoms with Gasteiger partial charge in [0.2, 0.25) is 0 Å². The number of urea groups is 1. The van der Waals surface area contributed by atoms with Crippen LogP contribution in [-0.4, -0.2) is 66.5 Å². The van der Waals surface area contributed by atoms with Gasteiger partial charge in [0.15, 0.2) is 18.1 Å². The van der Waals surface area contributed by atoms with Crippen LogP contribution in [0.2, 0.25) is 0 Å². The molecule has 0 aromatic heterocycles. The molecule has 1 heterocycles. The van der Waals surface area contributed by atoms with Crippen molar-refractivity contribution in [3.05, 3.63) is 27.7 Å². The lowest BCUT2D eigenvalue weighted by Crippen LogP contribution is -2.52. The predicted octanol–water partition coefficient (Wildman–Crippen LogP) is 1.35. The quantitative estimate of drug-likeness (QED) is 0.558. The lowest BCUT2D eigenvalue weighted by atomic mass is 10.1. The molecule has 9 nitrogen and oxygen atoms in total. The molecular weight excluding hydrogens is 412 g/mol. The third-order valence-corrected chi connectivity index (χ3v) is 4.14. The van der Waals surface area contributed by atoms with Crippen LogP contribution in [0.5, 0.6) is 11.5 Å². The van der Waals surface area contributed by atoms with E-state index in [1.165, 1.54) is 39.4 Å². The van der Waals surface area contributed by atoms with Crippen LogP contribution in [0.4, 0.5) is 4.79 Å². The molecule has 1 aromatic carbocycles. The monoisotopic (exact) mass is 426 g/mol. The van der Waals surface area contributed by atoms with Gasteiger partial charge in [-0.05, 0) is 39.7 Å². The number of aliphatic carboxylic acids is 1. The smallest absolute Gasteiger partial charge is 0.341 e. The minimum atomic E-state index is -1.15. The third kappa shape index (κ3) is 3.69. The van der Waals surface area contributed by atoms with E-state index in [1.54, 1.807) is 0 Å². The maximum absolute atomic E-state index is 12.2. The van der Waals surface area contributed by atoms with Gasteiger partial charge in [0, 0.05) is 14.1 Å². The van der Waals surface area contributed by atoms with E-state index >= 15 is 0 Å². The van der Waals surface area contributed by atoms with Gasteiger partial charge in [-0.15, -0.1) is 0 Å². The van der Waals surface area contributed by atoms with E-state index in [-0.39, 0.29) is 17.1 Å². The summed E-state index contributed by atoms with van der Waals surface area (Å²) in [7, 11) is 3.92. The molecule has 0 saturated carbocycles. The summed E-state index contributed by atoms with van der Waals surface area (Å²) in [5, 5.41) is 8.73. The molecule has 0 atom stereocenters. The fourth-order valence-electron chi connectivity index (χ4n) is 2.24. The highest BCUT2D eigenvalue weighted by Gasteiger charge is 2.37. The van der Waals surface area contributed by atoms with Gasteiger partial charge in [0.05, 0.1) is 11.6 Å². The van der Waals surface area contributed by atoms with Crippen LogP contribution in [0.3, 0.4) is 0 Å². The number of imide groups is 2. The zero-order valence-corrected chi connectivity index (χ0v) is 15.7. The maximum atomic E-state index is 12.2. The first-order valence-electron chi connectivity index (χ1n) is 7.21. The molecule has 1 saturated heterocycles. The summed E-state index contributed by atoms with van der Waals surface area (Å²) in [5.41, 5.74) is 0.229. The molecule has 2 rings (SSSR count). The molecule has 10 heteroatoms. The van der Waals surface area contributed by atoms with E-state index in [1.807, 2.05) is 0 Å². The Hall–Kier alpha value is -2.88. The Balaban J connectivity index is 2.45. The topological polar surface area (TPSA) is 113 Å². The highest BCUT2D eigenvalue weighted by atomic mass is 79.9. The summed E-state index contributed by atoms with van der Waals surface area (Å²) < 4.78 is 10.7. The van der Waals surface area contributed by atoms with E-state index in [4.69, 9.17) is 14.6 Å². The molecule has 0 bridgehead atoms. The number of carboxylic acid groups (broad SMARTS) is 1. The molecule has 0 radical (unpaired) electrons. The molecule has 1 aliphatic rings. The van der Waals surface area contributed by atoms with Gasteiger partial charge in [-0.3, -0.25) is 19.4 Å². The van der Waals surface area contributed by atoms with Crippen molar-refractivity contribution in [1.29, 1.82) is 0 Å². The summed E-state index contributed by atoms with van der Waals surface area (Å²) in [6.07, 6.45) is 1.32. The summed E-state index contributed by atoms with van der Waals surface area (Å²) in [4.78, 5) is 48.6. The number of rotatable bonds is 5. The lowest BCUT2D eigenvalue weighted by molar-refractivity contribution is -0.139. The molecular formula is C16H15BrN2O7. The average molecular weight is 427 g/mol. The van der Waals surface area contributed by atoms with E-state index < -0.39 is 30.4 Å². The van der Waals surface area contributed by atoms with E-state index in [9.17, 15) is 19.2 Å². The molecule has 138 valence electrons. The molecule has 4 amide bonds. The Morgan fingerprint density at radius 2 is 1.77 bits per heavy atom. The molecule has 0 aliphatic carbocycles. The van der Waals surface area contributed by atoms with Gasteiger partial charge in [0.1, 0.15) is 5.57 Å². The maximum Gasteiger partial charge on any atom is 0.341 e. The van der Waals surface area contributed by atoms with Crippen molar-refractivity contribution in [3.8, 4) is 11.5 Å². The number of carboxylic acids is 1. The minimum absolute atomic E-state index is 0.169. The van der Waals surface area contributed by atoms with Crippen molar-refractivity contribution in [3.63, 3.8) is 0 Å². The summed E-state index contributed by atoms with van der Waals surface area (Å²) >= 11 is 3.25. The van der Waals surface area contributed by atoms with Gasteiger partial charge in [-0.2, -0.15) is 0 Å². The van der Waals surface area contributed by atoms with Crippen LogP contribution >= 0.6 is 15.9 Å². The number of nitrogens with zero attached hydrogens (tertiary/aromatic N) is 2. The van der Waals surface area contributed by atoms with Crippen molar-refractivity contribution >= 4 is 45.8 Å². The number of barbiturate groups is 1. The summed E-state index contributed by atoms with van der Waals surface area (Å²) in [6, 6.07) is 2.30. The Morgan fingerprint density at radius 1 is 1.19 bits per heavy atom. The Bertz CT molecular complexity index is 808. The highest BCUT2D eigenvalue weighted by molar-refractivity contribution is 9.10. The molecule has 1 N–H and O–H groups in total. The summed E-state index contributed by atoms with van der Waals surface area (Å²) in [6.45, 7) is -0.565. The van der Waals surface area contributed by atoms with Gasteiger partial charge in [-0.25, -0.2) is 9.59 Å². The van der Waals surface area contributed by atoms with Crippen molar-refractivity contribution in [1.82, 2.24) is 9.80 Å². The number of methoxy groups -OCH3 is 1. The molecule has 0 spiro atoms. The van der Waals surface area contributed by atoms with Crippen LogP contribution < -0.4 is 9.47 Å². The van der Waals surface area contributed by atoms with Crippen molar-refractivity contribution in [2.75, 3.05) is 27.8 Å². The standard InChI is InChI=1S/C16H15BrN2O7/c1-18-14(22)9(15(23)19(2)16(18)24)4-8-5-10(17)13(11(6-8)25-3)26-7-12(20)21/h4-6H,7H2,1-3H3,(H,20,21). The first-order chi connectivity index (χ1) is 12.2. The Kier molecular flexibility index (Phi) is 5.66. The molecule has 0 unspecified atom stereocenters. The fourth-order valence-corrected chi connectivity index (χ4v) is 2.81. The lowest BCUT2D eigenvalue weighted by Gasteiger charge is -2.28. The molecule has 1 aliphatic heterocycles. The second-order valence-electron chi connectivity index (χ2n) is 5.29. The van der Waals surface area contributed by atoms with Gasteiger partial charge in [0.25, 0.3) is 11.8 Å². The number of likely N-dealkylation sites (N-methyl/N-ethyl adjacent to an activating group) is 2. The Labute approximate surface area is 156 Å². The van der Waals surface area contributed by atoms with Crippen molar-refractivity contribution in [2.24, 2.45) is 0 Å². The van der Waals surface area contributed by atoms with Gasteiger partial charge in [-0.1, -0.05) is 0 Å². The van der Waals surface area contributed by atoms with Crippen LogP contribution in [0.1, 0.15) is 5.56 Å². The summed E-state index contributed by atoms with van der Waals surface area (Å²) in [5.74, 6) is -2.22. The number of hydrogen-bond donors (Lipinski definition) is 1. The fraction of sp³-hybridized carbons (Fsp3) is 0.250. The zero-order valence-electron chi connectivity index (χ0n) is 14.1. The van der Waals surface area contributed by atoms with E-state index in [0.717, 1.165) is 9.80 Å². The largest absolute Gasteiger partial charge is 0.493 e. The first kappa shape index (κ1) is 19.4.